The average molecular weight is 318 g/mol. The van der Waals surface area contributed by atoms with Gasteiger partial charge in [-0.2, -0.15) is 0 Å². The van der Waals surface area contributed by atoms with Crippen LogP contribution in [0.2, 0.25) is 0 Å². The SMILES string of the molecule is CN(CC1CC(N)C1)c1ncc(I)cn1. The lowest BCUT2D eigenvalue weighted by molar-refractivity contribution is 0.270. The minimum absolute atomic E-state index is 0.418. The van der Waals surface area contributed by atoms with Crippen molar-refractivity contribution in [1.29, 1.82) is 0 Å². The first kappa shape index (κ1) is 11.1. The molecule has 2 rings (SSSR count). The summed E-state index contributed by atoms with van der Waals surface area (Å²) in [5.41, 5.74) is 5.75. The van der Waals surface area contributed by atoms with E-state index in [2.05, 4.69) is 37.5 Å². The second-order valence-corrected chi connectivity index (χ2v) is 5.42. The number of nitrogens with two attached hydrogens (primary N) is 1. The summed E-state index contributed by atoms with van der Waals surface area (Å²) in [5.74, 6) is 1.52. The van der Waals surface area contributed by atoms with Crippen molar-refractivity contribution in [2.75, 3.05) is 18.5 Å². The Hall–Kier alpha value is -0.430. The fraction of sp³-hybridized carbons (Fsp3) is 0.600. The predicted molar refractivity (Wildman–Crippen MR) is 68.7 cm³/mol. The molecule has 1 saturated carbocycles. The maximum Gasteiger partial charge on any atom is 0.225 e. The highest BCUT2D eigenvalue weighted by Crippen LogP contribution is 2.26. The van der Waals surface area contributed by atoms with Gasteiger partial charge in [0, 0.05) is 35.6 Å². The fourth-order valence-corrected chi connectivity index (χ4v) is 2.19. The molecule has 0 spiro atoms. The second-order valence-electron chi connectivity index (χ2n) is 4.18. The Balaban J connectivity index is 1.90. The first-order chi connectivity index (χ1) is 7.15. The van der Waals surface area contributed by atoms with E-state index in [4.69, 9.17) is 5.73 Å². The summed E-state index contributed by atoms with van der Waals surface area (Å²) in [6, 6.07) is 0.418. The number of rotatable bonds is 3. The molecule has 0 radical (unpaired) electrons. The zero-order chi connectivity index (χ0) is 10.8. The monoisotopic (exact) mass is 318 g/mol. The van der Waals surface area contributed by atoms with Crippen LogP contribution in [0, 0.1) is 9.49 Å². The van der Waals surface area contributed by atoms with Crippen LogP contribution in [-0.4, -0.2) is 29.6 Å². The highest BCUT2D eigenvalue weighted by atomic mass is 127. The molecule has 1 aromatic rings. The van der Waals surface area contributed by atoms with Crippen LogP contribution in [0.4, 0.5) is 5.95 Å². The quantitative estimate of drug-likeness (QED) is 0.853. The molecule has 1 aliphatic rings. The minimum atomic E-state index is 0.418. The van der Waals surface area contributed by atoms with Gasteiger partial charge in [0.1, 0.15) is 0 Å². The number of hydrogen-bond donors (Lipinski definition) is 1. The molecular weight excluding hydrogens is 303 g/mol. The van der Waals surface area contributed by atoms with Crippen LogP contribution in [0.5, 0.6) is 0 Å². The van der Waals surface area contributed by atoms with Crippen LogP contribution >= 0.6 is 22.6 Å². The first-order valence-electron chi connectivity index (χ1n) is 5.09. The first-order valence-corrected chi connectivity index (χ1v) is 6.17. The molecule has 0 saturated heterocycles. The van der Waals surface area contributed by atoms with E-state index in [9.17, 15) is 0 Å². The summed E-state index contributed by atoms with van der Waals surface area (Å²) in [4.78, 5) is 10.7. The third-order valence-electron chi connectivity index (χ3n) is 2.75. The van der Waals surface area contributed by atoms with E-state index >= 15 is 0 Å². The molecule has 1 aliphatic carbocycles. The van der Waals surface area contributed by atoms with Crippen molar-refractivity contribution in [3.8, 4) is 0 Å². The number of anilines is 1. The Morgan fingerprint density at radius 3 is 2.60 bits per heavy atom. The molecule has 0 atom stereocenters. The average Bonchev–Trinajstić information content (AvgIpc) is 2.16. The zero-order valence-corrected chi connectivity index (χ0v) is 10.9. The molecule has 2 N–H and O–H groups in total. The van der Waals surface area contributed by atoms with Gasteiger partial charge in [-0.1, -0.05) is 0 Å². The maximum absolute atomic E-state index is 5.75. The van der Waals surface area contributed by atoms with Crippen molar-refractivity contribution >= 4 is 28.5 Å². The van der Waals surface area contributed by atoms with Crippen molar-refractivity contribution < 1.29 is 0 Å². The summed E-state index contributed by atoms with van der Waals surface area (Å²) in [6.07, 6.45) is 5.95. The smallest absolute Gasteiger partial charge is 0.225 e. The van der Waals surface area contributed by atoms with Gasteiger partial charge in [-0.3, -0.25) is 0 Å². The summed E-state index contributed by atoms with van der Waals surface area (Å²) in [5, 5.41) is 0. The largest absolute Gasteiger partial charge is 0.344 e. The van der Waals surface area contributed by atoms with Crippen molar-refractivity contribution in [2.45, 2.75) is 18.9 Å². The van der Waals surface area contributed by atoms with Crippen LogP contribution in [0.25, 0.3) is 0 Å². The molecule has 0 aliphatic heterocycles. The van der Waals surface area contributed by atoms with Crippen LogP contribution in [0.3, 0.4) is 0 Å². The van der Waals surface area contributed by atoms with Crippen molar-refractivity contribution in [1.82, 2.24) is 9.97 Å². The van der Waals surface area contributed by atoms with Crippen LogP contribution in [0.15, 0.2) is 12.4 Å². The molecule has 82 valence electrons. The molecule has 4 nitrogen and oxygen atoms in total. The third kappa shape index (κ3) is 2.78. The van der Waals surface area contributed by atoms with E-state index in [1.807, 2.05) is 19.4 Å². The van der Waals surface area contributed by atoms with Gasteiger partial charge < -0.3 is 10.6 Å². The summed E-state index contributed by atoms with van der Waals surface area (Å²) in [7, 11) is 2.03. The molecule has 0 amide bonds. The van der Waals surface area contributed by atoms with Gasteiger partial charge >= 0.3 is 0 Å². The van der Waals surface area contributed by atoms with E-state index in [1.54, 1.807) is 0 Å². The Morgan fingerprint density at radius 1 is 1.47 bits per heavy atom. The van der Waals surface area contributed by atoms with Gasteiger partial charge in [0.2, 0.25) is 5.95 Å². The van der Waals surface area contributed by atoms with E-state index in [0.29, 0.717) is 12.0 Å². The molecular formula is C10H15IN4. The molecule has 0 bridgehead atoms. The molecule has 0 aromatic carbocycles. The third-order valence-corrected chi connectivity index (χ3v) is 3.31. The fourth-order valence-electron chi connectivity index (χ4n) is 1.91. The van der Waals surface area contributed by atoms with Gasteiger partial charge in [0.25, 0.3) is 0 Å². The summed E-state index contributed by atoms with van der Waals surface area (Å²) < 4.78 is 1.07. The van der Waals surface area contributed by atoms with Crippen molar-refractivity contribution in [2.24, 2.45) is 11.7 Å². The minimum Gasteiger partial charge on any atom is -0.344 e. The number of aromatic nitrogens is 2. The van der Waals surface area contributed by atoms with Crippen molar-refractivity contribution in [3.05, 3.63) is 16.0 Å². The molecule has 5 heteroatoms. The Kier molecular flexibility index (Phi) is 3.40. The topological polar surface area (TPSA) is 55.0 Å². The highest BCUT2D eigenvalue weighted by Gasteiger charge is 2.27. The lowest BCUT2D eigenvalue weighted by atomic mass is 9.81. The van der Waals surface area contributed by atoms with Gasteiger partial charge in [-0.15, -0.1) is 0 Å². The van der Waals surface area contributed by atoms with E-state index in [1.165, 1.54) is 0 Å². The van der Waals surface area contributed by atoms with E-state index in [-0.39, 0.29) is 0 Å². The summed E-state index contributed by atoms with van der Waals surface area (Å²) in [6.45, 7) is 1.01. The Bertz CT molecular complexity index is 321. The second kappa shape index (κ2) is 4.61. The Morgan fingerprint density at radius 2 is 2.07 bits per heavy atom. The van der Waals surface area contributed by atoms with Crippen LogP contribution < -0.4 is 10.6 Å². The number of nitrogens with zero attached hydrogens (tertiary/aromatic N) is 3. The molecule has 1 heterocycles. The lowest BCUT2D eigenvalue weighted by Gasteiger charge is -2.35. The predicted octanol–water partition coefficient (Wildman–Crippen LogP) is 1.25. The summed E-state index contributed by atoms with van der Waals surface area (Å²) >= 11 is 2.21. The van der Waals surface area contributed by atoms with Gasteiger partial charge in [0.05, 0.1) is 0 Å². The molecule has 1 fully saturated rings. The molecule has 0 unspecified atom stereocenters. The highest BCUT2D eigenvalue weighted by molar-refractivity contribution is 14.1. The normalized spacial score (nSPS) is 24.7. The van der Waals surface area contributed by atoms with Gasteiger partial charge in [0.15, 0.2) is 0 Å². The van der Waals surface area contributed by atoms with Gasteiger partial charge in [-0.05, 0) is 41.4 Å². The van der Waals surface area contributed by atoms with Crippen molar-refractivity contribution in [3.63, 3.8) is 0 Å². The van der Waals surface area contributed by atoms with E-state index < -0.39 is 0 Å². The standard InChI is InChI=1S/C10H15IN4/c1-15(6-7-2-9(12)3-7)10-13-4-8(11)5-14-10/h4-5,7,9H,2-3,6,12H2,1H3. The molecule has 15 heavy (non-hydrogen) atoms. The van der Waals surface area contributed by atoms with Gasteiger partial charge in [-0.25, -0.2) is 9.97 Å². The van der Waals surface area contributed by atoms with Crippen LogP contribution in [-0.2, 0) is 0 Å². The Labute approximate surface area is 103 Å². The zero-order valence-electron chi connectivity index (χ0n) is 8.73. The number of halogens is 1. The molecule has 1 aromatic heterocycles. The van der Waals surface area contributed by atoms with Crippen LogP contribution in [0.1, 0.15) is 12.8 Å². The number of hydrogen-bond acceptors (Lipinski definition) is 4. The lowest BCUT2D eigenvalue weighted by Crippen LogP contribution is -2.42. The van der Waals surface area contributed by atoms with E-state index in [0.717, 1.165) is 28.9 Å². The maximum atomic E-state index is 5.75.